The van der Waals surface area contributed by atoms with Crippen molar-refractivity contribution in [1.29, 1.82) is 0 Å². The van der Waals surface area contributed by atoms with E-state index in [1.165, 1.54) is 12.1 Å². The topological polar surface area (TPSA) is 68.0 Å². The molecule has 2 aromatic heterocycles. The Morgan fingerprint density at radius 3 is 2.33 bits per heavy atom. The highest BCUT2D eigenvalue weighted by Crippen LogP contribution is 2.41. The van der Waals surface area contributed by atoms with Crippen LogP contribution in [0.3, 0.4) is 0 Å². The van der Waals surface area contributed by atoms with Gasteiger partial charge in [-0.2, -0.15) is 13.2 Å². The van der Waals surface area contributed by atoms with Gasteiger partial charge < -0.3 is 11.1 Å². The fourth-order valence-electron chi connectivity index (χ4n) is 3.48. The lowest BCUT2D eigenvalue weighted by atomic mass is 9.89. The molecule has 0 aliphatic carbocycles. The maximum Gasteiger partial charge on any atom is 0.416 e. The number of amides is 1. The highest BCUT2D eigenvalue weighted by atomic mass is 32.1. The summed E-state index contributed by atoms with van der Waals surface area (Å²) in [7, 11) is 0. The number of nitrogen functional groups attached to an aromatic ring is 1. The molecule has 0 spiro atoms. The summed E-state index contributed by atoms with van der Waals surface area (Å²) in [5.41, 5.74) is 8.28. The summed E-state index contributed by atoms with van der Waals surface area (Å²) in [4.78, 5) is 18.6. The molecule has 0 aliphatic heterocycles. The number of anilines is 2. The molecule has 2 heterocycles. The van der Waals surface area contributed by atoms with Gasteiger partial charge in [0, 0.05) is 22.2 Å². The smallest absolute Gasteiger partial charge is 0.397 e. The van der Waals surface area contributed by atoms with Crippen molar-refractivity contribution in [2.24, 2.45) is 0 Å². The quantitative estimate of drug-likeness (QED) is 0.336. The molecule has 0 saturated carbocycles. The molecule has 4 aromatic rings. The van der Waals surface area contributed by atoms with Gasteiger partial charge in [0.1, 0.15) is 9.71 Å². The second-order valence-electron chi connectivity index (χ2n) is 8.73. The highest BCUT2D eigenvalue weighted by molar-refractivity contribution is 7.21. The molecule has 0 aliphatic rings. The Morgan fingerprint density at radius 2 is 1.70 bits per heavy atom. The first-order valence-corrected chi connectivity index (χ1v) is 11.0. The lowest BCUT2D eigenvalue weighted by Gasteiger charge is -2.19. The third-order valence-corrected chi connectivity index (χ3v) is 6.30. The maximum absolute atomic E-state index is 13.0. The molecule has 170 valence electrons. The average Bonchev–Trinajstić information content (AvgIpc) is 3.09. The summed E-state index contributed by atoms with van der Waals surface area (Å²) in [6.07, 6.45) is -4.50. The fraction of sp³-hybridized carbons (Fsp3) is 0.200. The standard InChI is InChI=1S/C25H22F3N3OS/c1-24(2,3)18-13-17(14-8-5-4-6-9-14)19-20(29)21(33-23(19)31-18)22(32)30-16-11-7-10-15(12-16)25(26,27)28/h4-13H,29H2,1-3H3,(H,30,32). The molecule has 1 amide bonds. The molecule has 0 atom stereocenters. The lowest BCUT2D eigenvalue weighted by Crippen LogP contribution is -2.13. The monoisotopic (exact) mass is 469 g/mol. The summed E-state index contributed by atoms with van der Waals surface area (Å²) >= 11 is 1.13. The first-order chi connectivity index (χ1) is 15.4. The van der Waals surface area contributed by atoms with Crippen molar-refractivity contribution in [2.75, 3.05) is 11.1 Å². The minimum atomic E-state index is -4.50. The number of halogens is 3. The molecule has 8 heteroatoms. The number of alkyl halides is 3. The van der Waals surface area contributed by atoms with Gasteiger partial charge >= 0.3 is 6.18 Å². The van der Waals surface area contributed by atoms with E-state index in [2.05, 4.69) is 5.32 Å². The second kappa shape index (κ2) is 8.19. The zero-order chi connectivity index (χ0) is 24.0. The largest absolute Gasteiger partial charge is 0.416 e. The fourth-order valence-corrected chi connectivity index (χ4v) is 4.50. The maximum atomic E-state index is 13.0. The molecular weight excluding hydrogens is 447 g/mol. The number of nitrogens with zero attached hydrogens (tertiary/aromatic N) is 1. The van der Waals surface area contributed by atoms with Crippen LogP contribution in [0.4, 0.5) is 24.5 Å². The van der Waals surface area contributed by atoms with Crippen LogP contribution in [0, 0.1) is 0 Å². The number of hydrogen-bond acceptors (Lipinski definition) is 4. The van der Waals surface area contributed by atoms with Gasteiger partial charge in [0.15, 0.2) is 0 Å². The van der Waals surface area contributed by atoms with E-state index in [1.807, 2.05) is 57.2 Å². The van der Waals surface area contributed by atoms with Gasteiger partial charge in [-0.15, -0.1) is 11.3 Å². The predicted molar refractivity (Wildman–Crippen MR) is 128 cm³/mol. The number of fused-ring (bicyclic) bond motifs is 1. The van der Waals surface area contributed by atoms with Gasteiger partial charge in [0.25, 0.3) is 5.91 Å². The number of rotatable bonds is 3. The van der Waals surface area contributed by atoms with Gasteiger partial charge in [-0.25, -0.2) is 4.98 Å². The van der Waals surface area contributed by atoms with Gasteiger partial charge in [-0.05, 0) is 35.4 Å². The number of aromatic nitrogens is 1. The number of pyridine rings is 1. The molecule has 4 nitrogen and oxygen atoms in total. The van der Waals surface area contributed by atoms with Gasteiger partial charge in [-0.1, -0.05) is 57.2 Å². The van der Waals surface area contributed by atoms with E-state index in [0.717, 1.165) is 40.3 Å². The minimum Gasteiger partial charge on any atom is -0.397 e. The summed E-state index contributed by atoms with van der Waals surface area (Å²) in [6.45, 7) is 6.15. The molecule has 2 aromatic carbocycles. The molecular formula is C25H22F3N3OS. The molecule has 0 bridgehead atoms. The van der Waals surface area contributed by atoms with Gasteiger partial charge in [-0.3, -0.25) is 4.79 Å². The number of nitrogens with one attached hydrogen (secondary N) is 1. The molecule has 0 radical (unpaired) electrons. The van der Waals surface area contributed by atoms with E-state index in [1.54, 1.807) is 0 Å². The van der Waals surface area contributed by atoms with Crippen molar-refractivity contribution >= 4 is 38.8 Å². The molecule has 0 fully saturated rings. The van der Waals surface area contributed by atoms with E-state index in [0.29, 0.717) is 10.2 Å². The molecule has 4 rings (SSSR count). The van der Waals surface area contributed by atoms with E-state index in [4.69, 9.17) is 10.7 Å². The van der Waals surface area contributed by atoms with Crippen molar-refractivity contribution < 1.29 is 18.0 Å². The first kappa shape index (κ1) is 22.8. The summed E-state index contributed by atoms with van der Waals surface area (Å²) in [6, 6.07) is 16.2. The zero-order valence-corrected chi connectivity index (χ0v) is 19.1. The Hall–Kier alpha value is -3.39. The van der Waals surface area contributed by atoms with Crippen molar-refractivity contribution in [3.05, 3.63) is 76.8 Å². The molecule has 33 heavy (non-hydrogen) atoms. The van der Waals surface area contributed by atoms with Crippen LogP contribution in [0.2, 0.25) is 0 Å². The Morgan fingerprint density at radius 1 is 1.00 bits per heavy atom. The normalized spacial score (nSPS) is 12.2. The third kappa shape index (κ3) is 4.57. The molecule has 0 unspecified atom stereocenters. The van der Waals surface area contributed by atoms with Crippen LogP contribution in [0.1, 0.15) is 41.7 Å². The van der Waals surface area contributed by atoms with Crippen LogP contribution in [0.25, 0.3) is 21.3 Å². The Kier molecular flexibility index (Phi) is 5.66. The van der Waals surface area contributed by atoms with Crippen LogP contribution in [0.5, 0.6) is 0 Å². The number of hydrogen-bond donors (Lipinski definition) is 2. The predicted octanol–water partition coefficient (Wildman–Crippen LogP) is 7.11. The van der Waals surface area contributed by atoms with Crippen molar-refractivity contribution in [1.82, 2.24) is 4.98 Å². The number of thiophene rings is 1. The number of nitrogens with two attached hydrogens (primary N) is 1. The lowest BCUT2D eigenvalue weighted by molar-refractivity contribution is -0.137. The molecule has 0 saturated heterocycles. The minimum absolute atomic E-state index is 0.0401. The van der Waals surface area contributed by atoms with Crippen molar-refractivity contribution in [2.45, 2.75) is 32.4 Å². The third-order valence-electron chi connectivity index (χ3n) is 5.21. The van der Waals surface area contributed by atoms with Crippen LogP contribution >= 0.6 is 11.3 Å². The molecule has 3 N–H and O–H groups in total. The average molecular weight is 470 g/mol. The van der Waals surface area contributed by atoms with Crippen LogP contribution in [-0.2, 0) is 11.6 Å². The summed E-state index contributed by atoms with van der Waals surface area (Å²) < 4.78 is 39.1. The number of carbonyl (C=O) groups is 1. The summed E-state index contributed by atoms with van der Waals surface area (Å²) in [5.74, 6) is -0.578. The van der Waals surface area contributed by atoms with E-state index in [9.17, 15) is 18.0 Å². The van der Waals surface area contributed by atoms with E-state index >= 15 is 0 Å². The van der Waals surface area contributed by atoms with E-state index < -0.39 is 17.6 Å². The Labute approximate surface area is 193 Å². The summed E-state index contributed by atoms with van der Waals surface area (Å²) in [5, 5.41) is 3.20. The van der Waals surface area contributed by atoms with Crippen molar-refractivity contribution in [3.63, 3.8) is 0 Å². The Bertz CT molecular complexity index is 1340. The highest BCUT2D eigenvalue weighted by Gasteiger charge is 2.31. The first-order valence-electron chi connectivity index (χ1n) is 10.2. The van der Waals surface area contributed by atoms with Crippen molar-refractivity contribution in [3.8, 4) is 11.1 Å². The van der Waals surface area contributed by atoms with E-state index in [-0.39, 0.29) is 21.7 Å². The van der Waals surface area contributed by atoms with Gasteiger partial charge in [0.05, 0.1) is 11.3 Å². The van der Waals surface area contributed by atoms with Gasteiger partial charge in [0.2, 0.25) is 0 Å². The van der Waals surface area contributed by atoms with Crippen LogP contribution in [-0.4, -0.2) is 10.9 Å². The van der Waals surface area contributed by atoms with Crippen LogP contribution < -0.4 is 11.1 Å². The number of carbonyl (C=O) groups excluding carboxylic acids is 1. The Balaban J connectivity index is 1.81. The second-order valence-corrected chi connectivity index (χ2v) is 9.73. The zero-order valence-electron chi connectivity index (χ0n) is 18.2. The number of benzene rings is 2. The van der Waals surface area contributed by atoms with Crippen LogP contribution in [0.15, 0.2) is 60.7 Å². The SMILES string of the molecule is CC(C)(C)c1cc(-c2ccccc2)c2c(N)c(C(=O)Nc3cccc(C(F)(F)F)c3)sc2n1.